The summed E-state index contributed by atoms with van der Waals surface area (Å²) in [4.78, 5) is 0. The van der Waals surface area contributed by atoms with Crippen LogP contribution in [0.5, 0.6) is 0 Å². The summed E-state index contributed by atoms with van der Waals surface area (Å²) in [5, 5.41) is 0. The molecule has 1 aliphatic heterocycles. The number of allylic oxidation sites excluding steroid dienone is 1. The van der Waals surface area contributed by atoms with E-state index >= 15 is 0 Å². The van der Waals surface area contributed by atoms with E-state index in [2.05, 4.69) is 6.92 Å². The average molecular weight is 385 g/mol. The van der Waals surface area contributed by atoms with Gasteiger partial charge in [0.15, 0.2) is 6.29 Å². The molecule has 0 amide bonds. The van der Waals surface area contributed by atoms with Crippen LogP contribution in [0.1, 0.15) is 84.0 Å². The topological polar surface area (TPSA) is 18.5 Å². The SMILES string of the molecule is CC1CCC(CCC2CCC(C3OCC(CCC=C(F)F)CO3)CC2)CC1. The summed E-state index contributed by atoms with van der Waals surface area (Å²) in [6, 6.07) is 0. The molecule has 1 saturated heterocycles. The van der Waals surface area contributed by atoms with Crippen LogP contribution in [-0.4, -0.2) is 19.5 Å². The first-order valence-corrected chi connectivity index (χ1v) is 11.3. The predicted octanol–water partition coefficient (Wildman–Crippen LogP) is 6.95. The van der Waals surface area contributed by atoms with Crippen molar-refractivity contribution in [1.29, 1.82) is 0 Å². The molecule has 156 valence electrons. The van der Waals surface area contributed by atoms with Crippen LogP contribution in [0, 0.1) is 29.6 Å². The molecule has 0 N–H and O–H groups in total. The van der Waals surface area contributed by atoms with Crippen molar-refractivity contribution in [2.45, 2.75) is 90.3 Å². The molecular formula is C23H38F2O2. The van der Waals surface area contributed by atoms with Crippen molar-refractivity contribution < 1.29 is 18.3 Å². The van der Waals surface area contributed by atoms with E-state index < -0.39 is 6.08 Å². The lowest BCUT2D eigenvalue weighted by atomic mass is 9.75. The van der Waals surface area contributed by atoms with E-state index in [0.29, 0.717) is 25.6 Å². The fourth-order valence-electron chi connectivity index (χ4n) is 5.26. The second-order valence-corrected chi connectivity index (χ2v) is 9.46. The van der Waals surface area contributed by atoms with Gasteiger partial charge < -0.3 is 9.47 Å². The van der Waals surface area contributed by atoms with Gasteiger partial charge >= 0.3 is 0 Å². The van der Waals surface area contributed by atoms with Crippen LogP contribution >= 0.6 is 0 Å². The lowest BCUT2D eigenvalue weighted by Gasteiger charge is -2.38. The van der Waals surface area contributed by atoms with E-state index in [9.17, 15) is 8.78 Å². The molecule has 0 spiro atoms. The van der Waals surface area contributed by atoms with E-state index in [4.69, 9.17) is 9.47 Å². The molecule has 4 heteroatoms. The van der Waals surface area contributed by atoms with E-state index in [-0.39, 0.29) is 12.2 Å². The number of hydrogen-bond acceptors (Lipinski definition) is 2. The minimum Gasteiger partial charge on any atom is -0.352 e. The third-order valence-corrected chi connectivity index (χ3v) is 7.26. The Morgan fingerprint density at radius 2 is 1.33 bits per heavy atom. The van der Waals surface area contributed by atoms with Crippen molar-refractivity contribution in [3.8, 4) is 0 Å². The quantitative estimate of drug-likeness (QED) is 0.473. The van der Waals surface area contributed by atoms with Crippen molar-refractivity contribution in [3.05, 3.63) is 12.2 Å². The molecule has 0 atom stereocenters. The molecule has 2 nitrogen and oxygen atoms in total. The summed E-state index contributed by atoms with van der Waals surface area (Å²) >= 11 is 0. The molecule has 27 heavy (non-hydrogen) atoms. The fourth-order valence-corrected chi connectivity index (χ4v) is 5.26. The van der Waals surface area contributed by atoms with E-state index in [1.165, 1.54) is 64.2 Å². The van der Waals surface area contributed by atoms with E-state index in [0.717, 1.165) is 30.3 Å². The molecule has 2 saturated carbocycles. The maximum absolute atomic E-state index is 12.1. The van der Waals surface area contributed by atoms with Crippen LogP contribution in [0.15, 0.2) is 12.2 Å². The molecule has 0 aromatic heterocycles. The minimum atomic E-state index is -1.58. The standard InChI is InChI=1S/C23H38F2O2/c1-17-5-7-18(8-6-17)9-10-19-11-13-21(14-12-19)23-26-15-20(16-27-23)3-2-4-22(24)25/h4,17-21,23H,2-3,5-16H2,1H3. The highest BCUT2D eigenvalue weighted by Gasteiger charge is 2.32. The second-order valence-electron chi connectivity index (χ2n) is 9.46. The van der Waals surface area contributed by atoms with Crippen molar-refractivity contribution >= 4 is 0 Å². The molecule has 0 bridgehead atoms. The Kier molecular flexibility index (Phi) is 8.57. The van der Waals surface area contributed by atoms with Crippen molar-refractivity contribution in [1.82, 2.24) is 0 Å². The summed E-state index contributed by atoms with van der Waals surface area (Å²) in [5.74, 6) is 3.63. The Morgan fingerprint density at radius 3 is 1.89 bits per heavy atom. The first kappa shape index (κ1) is 21.2. The summed E-state index contributed by atoms with van der Waals surface area (Å²) in [6.07, 6.45) is 14.2. The van der Waals surface area contributed by atoms with Crippen LogP contribution in [-0.2, 0) is 9.47 Å². The first-order valence-electron chi connectivity index (χ1n) is 11.3. The van der Waals surface area contributed by atoms with Gasteiger partial charge in [-0.3, -0.25) is 0 Å². The molecule has 1 heterocycles. The van der Waals surface area contributed by atoms with Gasteiger partial charge in [-0.15, -0.1) is 0 Å². The maximum atomic E-state index is 12.1. The Morgan fingerprint density at radius 1 is 0.778 bits per heavy atom. The predicted molar refractivity (Wildman–Crippen MR) is 105 cm³/mol. The zero-order valence-electron chi connectivity index (χ0n) is 17.0. The maximum Gasteiger partial charge on any atom is 0.266 e. The minimum absolute atomic E-state index is 0.0597. The highest BCUT2D eigenvalue weighted by molar-refractivity contribution is 4.82. The zero-order chi connectivity index (χ0) is 19.1. The van der Waals surface area contributed by atoms with Crippen LogP contribution in [0.4, 0.5) is 8.78 Å². The smallest absolute Gasteiger partial charge is 0.266 e. The summed E-state index contributed by atoms with van der Waals surface area (Å²) in [7, 11) is 0. The number of ether oxygens (including phenoxy) is 2. The second kappa shape index (κ2) is 10.9. The van der Waals surface area contributed by atoms with Gasteiger partial charge in [-0.1, -0.05) is 45.4 Å². The number of halogens is 2. The Hall–Kier alpha value is -0.480. The molecule has 3 aliphatic rings. The molecule has 0 aromatic carbocycles. The van der Waals surface area contributed by atoms with Crippen molar-refractivity contribution in [2.24, 2.45) is 29.6 Å². The average Bonchev–Trinajstić information content (AvgIpc) is 2.68. The fraction of sp³-hybridized carbons (Fsp3) is 0.913. The molecule has 2 aliphatic carbocycles. The monoisotopic (exact) mass is 384 g/mol. The van der Waals surface area contributed by atoms with Gasteiger partial charge in [-0.05, 0) is 62.4 Å². The van der Waals surface area contributed by atoms with Crippen LogP contribution in [0.25, 0.3) is 0 Å². The zero-order valence-corrected chi connectivity index (χ0v) is 17.0. The van der Waals surface area contributed by atoms with Gasteiger partial charge in [-0.2, -0.15) is 8.78 Å². The first-order chi connectivity index (χ1) is 13.1. The number of rotatable bonds is 7. The summed E-state index contributed by atoms with van der Waals surface area (Å²) in [5.41, 5.74) is 0. The van der Waals surface area contributed by atoms with Crippen LogP contribution < -0.4 is 0 Å². The molecule has 0 radical (unpaired) electrons. The Balaban J connectivity index is 1.28. The third kappa shape index (κ3) is 7.12. The van der Waals surface area contributed by atoms with E-state index in [1.54, 1.807) is 0 Å². The molecular weight excluding hydrogens is 346 g/mol. The van der Waals surface area contributed by atoms with Gasteiger partial charge in [0, 0.05) is 11.8 Å². The Bertz CT molecular complexity index is 439. The largest absolute Gasteiger partial charge is 0.352 e. The highest BCUT2D eigenvalue weighted by Crippen LogP contribution is 2.38. The van der Waals surface area contributed by atoms with Gasteiger partial charge in [-0.25, -0.2) is 0 Å². The molecule has 0 unspecified atom stereocenters. The Labute approximate surface area is 164 Å². The lowest BCUT2D eigenvalue weighted by molar-refractivity contribution is -0.229. The van der Waals surface area contributed by atoms with Gasteiger partial charge in [0.1, 0.15) is 0 Å². The van der Waals surface area contributed by atoms with Gasteiger partial charge in [0.25, 0.3) is 6.08 Å². The molecule has 3 fully saturated rings. The van der Waals surface area contributed by atoms with Gasteiger partial charge in [0.05, 0.1) is 13.2 Å². The highest BCUT2D eigenvalue weighted by atomic mass is 19.3. The normalized spacial score (nSPS) is 37.7. The van der Waals surface area contributed by atoms with Crippen molar-refractivity contribution in [3.63, 3.8) is 0 Å². The van der Waals surface area contributed by atoms with E-state index in [1.807, 2.05) is 0 Å². The summed E-state index contributed by atoms with van der Waals surface area (Å²) < 4.78 is 36.1. The van der Waals surface area contributed by atoms with Crippen LogP contribution in [0.3, 0.4) is 0 Å². The van der Waals surface area contributed by atoms with Crippen LogP contribution in [0.2, 0.25) is 0 Å². The summed E-state index contributed by atoms with van der Waals surface area (Å²) in [6.45, 7) is 3.72. The lowest BCUT2D eigenvalue weighted by Crippen LogP contribution is -2.38. The molecule has 3 rings (SSSR count). The van der Waals surface area contributed by atoms with Crippen molar-refractivity contribution in [2.75, 3.05) is 13.2 Å². The third-order valence-electron chi connectivity index (χ3n) is 7.26. The molecule has 0 aromatic rings. The number of hydrogen-bond donors (Lipinski definition) is 0. The van der Waals surface area contributed by atoms with Gasteiger partial charge in [0.2, 0.25) is 0 Å².